The van der Waals surface area contributed by atoms with Crippen LogP contribution in [-0.4, -0.2) is 29.8 Å². The topological polar surface area (TPSA) is 25.4 Å². The molecule has 0 amide bonds. The Hall–Kier alpha value is -1.53. The number of morpholine rings is 1. The van der Waals surface area contributed by atoms with Crippen molar-refractivity contribution in [2.45, 2.75) is 57.7 Å². The fraction of sp³-hybridized carbons (Fsp3) is 0.550. The van der Waals surface area contributed by atoms with Crippen LogP contribution < -0.4 is 4.90 Å². The van der Waals surface area contributed by atoms with E-state index in [2.05, 4.69) is 11.8 Å². The Kier molecular flexibility index (Phi) is 4.12. The maximum absolute atomic E-state index is 14.5. The van der Waals surface area contributed by atoms with Crippen LogP contribution in [0.5, 0.6) is 0 Å². The Balaban J connectivity index is 1.70. The predicted molar refractivity (Wildman–Crippen MR) is 101 cm³/mol. The van der Waals surface area contributed by atoms with Crippen LogP contribution in [0, 0.1) is 11.6 Å². The number of thiazole rings is 1. The Morgan fingerprint density at radius 2 is 2.08 bits per heavy atom. The largest absolute Gasteiger partial charge is 0.368 e. The molecule has 2 aliphatic heterocycles. The number of rotatable bonds is 2. The van der Waals surface area contributed by atoms with Gasteiger partial charge in [0, 0.05) is 29.6 Å². The number of fused-ring (bicyclic) bond motifs is 2. The summed E-state index contributed by atoms with van der Waals surface area (Å²) >= 11 is 1.55. The second-order valence-electron chi connectivity index (χ2n) is 8.66. The number of ether oxygens (including phenoxy) is 1. The summed E-state index contributed by atoms with van der Waals surface area (Å²) in [6.07, 6.45) is 2.42. The number of hydrogen-bond donors (Lipinski definition) is 0. The highest BCUT2D eigenvalue weighted by atomic mass is 32.1. The van der Waals surface area contributed by atoms with Crippen molar-refractivity contribution in [2.75, 3.05) is 18.0 Å². The number of hydrogen-bond acceptors (Lipinski definition) is 4. The number of aromatic nitrogens is 1. The third kappa shape index (κ3) is 3.03. The smallest absolute Gasteiger partial charge is 0.186 e. The molecule has 0 radical (unpaired) electrons. The molecule has 1 aromatic heterocycles. The highest BCUT2D eigenvalue weighted by molar-refractivity contribution is 7.14. The van der Waals surface area contributed by atoms with Crippen molar-refractivity contribution in [1.82, 2.24) is 4.98 Å². The molecule has 3 heterocycles. The molecule has 0 aliphatic carbocycles. The van der Waals surface area contributed by atoms with E-state index in [0.717, 1.165) is 31.1 Å². The van der Waals surface area contributed by atoms with E-state index in [-0.39, 0.29) is 11.7 Å². The lowest BCUT2D eigenvalue weighted by Crippen LogP contribution is -2.49. The van der Waals surface area contributed by atoms with E-state index in [4.69, 9.17) is 9.72 Å². The maximum atomic E-state index is 14.5. The van der Waals surface area contributed by atoms with Gasteiger partial charge in [0.25, 0.3) is 0 Å². The lowest BCUT2D eigenvalue weighted by molar-refractivity contribution is -0.0405. The van der Waals surface area contributed by atoms with E-state index in [1.165, 1.54) is 6.07 Å². The molecule has 140 valence electrons. The van der Waals surface area contributed by atoms with Crippen LogP contribution in [0.15, 0.2) is 17.5 Å². The molecule has 1 aromatic carbocycles. The number of halogens is 2. The first-order valence-corrected chi connectivity index (χ1v) is 9.91. The summed E-state index contributed by atoms with van der Waals surface area (Å²) < 4.78 is 34.4. The van der Waals surface area contributed by atoms with Gasteiger partial charge in [0.05, 0.1) is 17.4 Å². The van der Waals surface area contributed by atoms with Crippen molar-refractivity contribution in [3.8, 4) is 11.3 Å². The molecule has 0 spiro atoms. The standard InChI is InChI=1S/C20H24F2N2OS/c1-19(2,3)16-13(5-6-14(21)17(16)22)15-10-26-18(23-15)24-9-12-7-8-20(4,11-24)25-12/h5-6,10,12H,7-9,11H2,1-4H3/t12-,20+/m0/s1. The molecular formula is C20H24F2N2OS. The average molecular weight is 378 g/mol. The minimum atomic E-state index is -0.813. The lowest BCUT2D eigenvalue weighted by atomic mass is 9.82. The third-order valence-electron chi connectivity index (χ3n) is 5.28. The summed E-state index contributed by atoms with van der Waals surface area (Å²) in [6, 6.07) is 2.83. The lowest BCUT2D eigenvalue weighted by Gasteiger charge is -2.38. The van der Waals surface area contributed by atoms with Gasteiger partial charge in [-0.15, -0.1) is 11.3 Å². The maximum Gasteiger partial charge on any atom is 0.186 e. The van der Waals surface area contributed by atoms with Crippen molar-refractivity contribution in [2.24, 2.45) is 0 Å². The van der Waals surface area contributed by atoms with Crippen molar-refractivity contribution in [1.29, 1.82) is 0 Å². The van der Waals surface area contributed by atoms with Crippen molar-refractivity contribution in [3.63, 3.8) is 0 Å². The van der Waals surface area contributed by atoms with E-state index in [1.54, 1.807) is 17.4 Å². The normalized spacial score (nSPS) is 25.8. The van der Waals surface area contributed by atoms with Gasteiger partial charge in [-0.3, -0.25) is 0 Å². The molecule has 3 nitrogen and oxygen atoms in total. The first kappa shape index (κ1) is 17.9. The number of anilines is 1. The molecule has 2 aliphatic rings. The molecule has 4 rings (SSSR count). The average Bonchev–Trinajstić information content (AvgIpc) is 3.13. The van der Waals surface area contributed by atoms with Gasteiger partial charge < -0.3 is 9.64 Å². The Bertz CT molecular complexity index is 845. The summed E-state index contributed by atoms with van der Waals surface area (Å²) in [6.45, 7) is 9.49. The molecule has 0 N–H and O–H groups in total. The van der Waals surface area contributed by atoms with Crippen LogP contribution in [0.3, 0.4) is 0 Å². The van der Waals surface area contributed by atoms with Crippen LogP contribution >= 0.6 is 11.3 Å². The minimum Gasteiger partial charge on any atom is -0.368 e. The Morgan fingerprint density at radius 1 is 1.31 bits per heavy atom. The molecule has 26 heavy (non-hydrogen) atoms. The minimum absolute atomic E-state index is 0.104. The van der Waals surface area contributed by atoms with Crippen LogP contribution in [0.1, 0.15) is 46.1 Å². The zero-order valence-corrected chi connectivity index (χ0v) is 16.4. The van der Waals surface area contributed by atoms with Crippen molar-refractivity contribution in [3.05, 3.63) is 34.7 Å². The van der Waals surface area contributed by atoms with Gasteiger partial charge in [0.1, 0.15) is 0 Å². The first-order valence-electron chi connectivity index (χ1n) is 9.03. The molecule has 0 unspecified atom stereocenters. The van der Waals surface area contributed by atoms with Crippen molar-refractivity contribution < 1.29 is 13.5 Å². The molecule has 2 saturated heterocycles. The van der Waals surface area contributed by atoms with Crippen LogP contribution in [0.25, 0.3) is 11.3 Å². The Morgan fingerprint density at radius 3 is 2.77 bits per heavy atom. The second kappa shape index (κ2) is 5.99. The molecule has 2 fully saturated rings. The van der Waals surface area contributed by atoms with Gasteiger partial charge in [-0.2, -0.15) is 0 Å². The second-order valence-corrected chi connectivity index (χ2v) is 9.49. The fourth-order valence-corrected chi connectivity index (χ4v) is 4.96. The van der Waals surface area contributed by atoms with Gasteiger partial charge in [-0.1, -0.05) is 20.8 Å². The van der Waals surface area contributed by atoms with E-state index in [0.29, 0.717) is 16.8 Å². The molecule has 2 bridgehead atoms. The van der Waals surface area contributed by atoms with Gasteiger partial charge >= 0.3 is 0 Å². The number of benzene rings is 1. The molecule has 2 atom stereocenters. The van der Waals surface area contributed by atoms with E-state index >= 15 is 0 Å². The van der Waals surface area contributed by atoms with Gasteiger partial charge in [-0.25, -0.2) is 13.8 Å². The Labute approximate surface area is 157 Å². The molecular weight excluding hydrogens is 354 g/mol. The SMILES string of the molecule is CC(C)(C)c1c(-c2csc(N3C[C@@H]4CC[C@](C)(C3)O4)n2)ccc(F)c1F. The molecule has 6 heteroatoms. The summed E-state index contributed by atoms with van der Waals surface area (Å²) in [5, 5.41) is 2.86. The molecule has 2 aromatic rings. The third-order valence-corrected chi connectivity index (χ3v) is 6.18. The van der Waals surface area contributed by atoms with Crippen molar-refractivity contribution >= 4 is 16.5 Å². The first-order chi connectivity index (χ1) is 12.2. The summed E-state index contributed by atoms with van der Waals surface area (Å²) in [5.74, 6) is -1.59. The summed E-state index contributed by atoms with van der Waals surface area (Å²) in [5.41, 5.74) is 1.13. The van der Waals surface area contributed by atoms with E-state index in [1.807, 2.05) is 26.2 Å². The number of nitrogens with zero attached hydrogens (tertiary/aromatic N) is 2. The zero-order valence-electron chi connectivity index (χ0n) is 15.6. The molecule has 0 saturated carbocycles. The van der Waals surface area contributed by atoms with E-state index < -0.39 is 17.0 Å². The van der Waals surface area contributed by atoms with Crippen LogP contribution in [0.4, 0.5) is 13.9 Å². The highest BCUT2D eigenvalue weighted by Gasteiger charge is 2.43. The summed E-state index contributed by atoms with van der Waals surface area (Å²) in [7, 11) is 0. The quantitative estimate of drug-likeness (QED) is 0.723. The van der Waals surface area contributed by atoms with Gasteiger partial charge in [-0.05, 0) is 37.3 Å². The van der Waals surface area contributed by atoms with E-state index in [9.17, 15) is 8.78 Å². The predicted octanol–water partition coefficient (Wildman–Crippen LogP) is 5.14. The fourth-order valence-electron chi connectivity index (χ4n) is 4.12. The highest BCUT2D eigenvalue weighted by Crippen LogP contribution is 2.41. The monoisotopic (exact) mass is 378 g/mol. The van der Waals surface area contributed by atoms with Gasteiger partial charge in [0.2, 0.25) is 0 Å². The summed E-state index contributed by atoms with van der Waals surface area (Å²) in [4.78, 5) is 7.05. The van der Waals surface area contributed by atoms with Crippen LogP contribution in [0.2, 0.25) is 0 Å². The zero-order chi connectivity index (χ0) is 18.7. The van der Waals surface area contributed by atoms with Gasteiger partial charge in [0.15, 0.2) is 16.8 Å². The van der Waals surface area contributed by atoms with Crippen LogP contribution in [-0.2, 0) is 10.2 Å².